The molecule has 1 heterocycles. The Labute approximate surface area is 201 Å². The predicted octanol–water partition coefficient (Wildman–Crippen LogP) is 6.03. The van der Waals surface area contributed by atoms with Crippen molar-refractivity contribution in [2.75, 3.05) is 4.90 Å². The lowest BCUT2D eigenvalue weighted by Gasteiger charge is -2.44. The van der Waals surface area contributed by atoms with Crippen LogP contribution in [0, 0.1) is 0 Å². The number of carbonyl (C=O) groups excluding carboxylic acids is 1. The molecule has 1 unspecified atom stereocenters. The molecule has 0 saturated heterocycles. The van der Waals surface area contributed by atoms with Crippen molar-refractivity contribution in [2.24, 2.45) is 5.10 Å². The first kappa shape index (κ1) is 21.2. The molecule has 5 rings (SSSR count). The summed E-state index contributed by atoms with van der Waals surface area (Å²) < 4.78 is 0.942. The highest BCUT2D eigenvalue weighted by atomic mass is 79.9. The van der Waals surface area contributed by atoms with Crippen molar-refractivity contribution in [1.82, 2.24) is 5.01 Å². The molecule has 1 atom stereocenters. The Bertz CT molecular complexity index is 1170. The van der Waals surface area contributed by atoms with Crippen LogP contribution in [0.4, 0.5) is 5.69 Å². The molecule has 33 heavy (non-hydrogen) atoms. The Morgan fingerprint density at radius 3 is 1.70 bits per heavy atom. The van der Waals surface area contributed by atoms with Gasteiger partial charge in [-0.25, -0.2) is 5.01 Å². The summed E-state index contributed by atoms with van der Waals surface area (Å²) in [5.41, 5.74) is 3.16. The number of rotatable bonds is 6. The minimum atomic E-state index is -0.813. The molecule has 0 spiro atoms. The summed E-state index contributed by atoms with van der Waals surface area (Å²) in [6.07, 6.45) is 2.06. The number of anilines is 1. The van der Waals surface area contributed by atoms with Crippen molar-refractivity contribution < 1.29 is 4.79 Å². The number of carbonyl (C=O) groups is 1. The van der Waals surface area contributed by atoms with E-state index in [1.807, 2.05) is 88.8 Å². The average Bonchev–Trinajstić information content (AvgIpc) is 3.31. The van der Waals surface area contributed by atoms with Crippen LogP contribution in [0.1, 0.15) is 16.7 Å². The third kappa shape index (κ3) is 3.64. The second-order valence-corrected chi connectivity index (χ2v) is 8.74. The summed E-state index contributed by atoms with van der Waals surface area (Å²) in [6, 6.07) is 38.6. The summed E-state index contributed by atoms with van der Waals surface area (Å²) in [4.78, 5) is 14.6. The molecule has 0 saturated carbocycles. The standard InChI is InChI=1S/C28H22BrN3O/c29-25-17-10-18-26(19-25)31-21-30-32(27(31)20-33)28(22-11-4-1-5-12-22,23-13-6-2-7-14-23)24-15-8-3-9-16-24/h1-21,27H. The molecule has 1 aliphatic rings. The van der Waals surface area contributed by atoms with E-state index in [9.17, 15) is 4.79 Å². The minimum absolute atomic E-state index is 0.639. The van der Waals surface area contributed by atoms with Crippen LogP contribution < -0.4 is 4.90 Å². The highest BCUT2D eigenvalue weighted by molar-refractivity contribution is 9.10. The van der Waals surface area contributed by atoms with Crippen LogP contribution in [0.25, 0.3) is 0 Å². The Morgan fingerprint density at radius 2 is 1.24 bits per heavy atom. The van der Waals surface area contributed by atoms with Gasteiger partial charge in [-0.3, -0.25) is 4.79 Å². The van der Waals surface area contributed by atoms with Crippen molar-refractivity contribution in [3.05, 3.63) is 136 Å². The van der Waals surface area contributed by atoms with E-state index < -0.39 is 11.7 Å². The third-order valence-electron chi connectivity index (χ3n) is 5.98. The molecule has 4 aromatic rings. The molecule has 0 amide bonds. The molecule has 4 nitrogen and oxygen atoms in total. The van der Waals surface area contributed by atoms with Gasteiger partial charge in [-0.05, 0) is 34.9 Å². The molecule has 5 heteroatoms. The van der Waals surface area contributed by atoms with Crippen LogP contribution >= 0.6 is 15.9 Å². The molecule has 0 bridgehead atoms. The van der Waals surface area contributed by atoms with Crippen LogP contribution in [-0.4, -0.2) is 23.8 Å². The number of hydrogen-bond donors (Lipinski definition) is 0. The van der Waals surface area contributed by atoms with Crippen molar-refractivity contribution in [2.45, 2.75) is 11.7 Å². The van der Waals surface area contributed by atoms with Gasteiger partial charge >= 0.3 is 0 Å². The fourth-order valence-electron chi connectivity index (χ4n) is 4.56. The zero-order valence-electron chi connectivity index (χ0n) is 17.8. The molecule has 162 valence electrons. The minimum Gasteiger partial charge on any atom is -0.302 e. The summed E-state index contributed by atoms with van der Waals surface area (Å²) in [5.74, 6) is 0. The van der Waals surface area contributed by atoms with E-state index in [1.165, 1.54) is 0 Å². The molecule has 0 fully saturated rings. The van der Waals surface area contributed by atoms with Gasteiger partial charge in [0.05, 0.1) is 0 Å². The lowest BCUT2D eigenvalue weighted by atomic mass is 9.76. The molecule has 1 aliphatic heterocycles. The Balaban J connectivity index is 1.76. The fourth-order valence-corrected chi connectivity index (χ4v) is 4.95. The summed E-state index contributed by atoms with van der Waals surface area (Å²) in [5, 5.41) is 6.78. The van der Waals surface area contributed by atoms with E-state index in [4.69, 9.17) is 5.10 Å². The highest BCUT2D eigenvalue weighted by Crippen LogP contribution is 2.45. The first-order valence-corrected chi connectivity index (χ1v) is 11.5. The van der Waals surface area contributed by atoms with E-state index in [1.54, 1.807) is 6.34 Å². The van der Waals surface area contributed by atoms with Gasteiger partial charge < -0.3 is 4.90 Å². The number of hydrazone groups is 1. The van der Waals surface area contributed by atoms with Gasteiger partial charge in [0.2, 0.25) is 0 Å². The van der Waals surface area contributed by atoms with Crippen LogP contribution in [0.5, 0.6) is 0 Å². The molecular formula is C28H22BrN3O. The van der Waals surface area contributed by atoms with Crippen LogP contribution in [-0.2, 0) is 10.3 Å². The fraction of sp³-hybridized carbons (Fsp3) is 0.0714. The summed E-state index contributed by atoms with van der Waals surface area (Å²) in [7, 11) is 0. The molecule has 0 aromatic heterocycles. The van der Waals surface area contributed by atoms with Crippen molar-refractivity contribution >= 4 is 34.2 Å². The van der Waals surface area contributed by atoms with Gasteiger partial charge in [0.15, 0.2) is 12.5 Å². The normalized spacial score (nSPS) is 15.6. The molecule has 0 aliphatic carbocycles. The summed E-state index contributed by atoms with van der Waals surface area (Å²) in [6.45, 7) is 0. The lowest BCUT2D eigenvalue weighted by Crippen LogP contribution is -2.53. The lowest BCUT2D eigenvalue weighted by molar-refractivity contribution is -0.113. The maximum Gasteiger partial charge on any atom is 0.181 e. The van der Waals surface area contributed by atoms with Gasteiger partial charge in [-0.2, -0.15) is 5.10 Å². The van der Waals surface area contributed by atoms with E-state index >= 15 is 0 Å². The first-order valence-electron chi connectivity index (χ1n) is 10.7. The van der Waals surface area contributed by atoms with Crippen LogP contribution in [0.2, 0.25) is 0 Å². The second kappa shape index (κ2) is 9.04. The van der Waals surface area contributed by atoms with Crippen LogP contribution in [0.15, 0.2) is 125 Å². The number of aldehydes is 1. The van der Waals surface area contributed by atoms with E-state index in [-0.39, 0.29) is 0 Å². The third-order valence-corrected chi connectivity index (χ3v) is 6.48. The van der Waals surface area contributed by atoms with Gasteiger partial charge in [0.1, 0.15) is 11.9 Å². The quantitative estimate of drug-likeness (QED) is 0.242. The molecule has 0 radical (unpaired) electrons. The Kier molecular flexibility index (Phi) is 5.80. The maximum atomic E-state index is 12.7. The van der Waals surface area contributed by atoms with E-state index in [0.717, 1.165) is 33.1 Å². The smallest absolute Gasteiger partial charge is 0.181 e. The van der Waals surface area contributed by atoms with Gasteiger partial charge in [-0.1, -0.05) is 113 Å². The predicted molar refractivity (Wildman–Crippen MR) is 136 cm³/mol. The van der Waals surface area contributed by atoms with Crippen LogP contribution in [0.3, 0.4) is 0 Å². The zero-order valence-corrected chi connectivity index (χ0v) is 19.4. The number of hydrogen-bond acceptors (Lipinski definition) is 4. The number of halogens is 1. The first-order chi connectivity index (χ1) is 16.2. The SMILES string of the molecule is O=CC1N(c2cccc(Br)c2)C=NN1C(c1ccccc1)(c1ccccc1)c1ccccc1. The molecular weight excluding hydrogens is 474 g/mol. The van der Waals surface area contributed by atoms with E-state index in [2.05, 4.69) is 52.3 Å². The topological polar surface area (TPSA) is 35.9 Å². The van der Waals surface area contributed by atoms with Crippen molar-refractivity contribution in [1.29, 1.82) is 0 Å². The summed E-state index contributed by atoms with van der Waals surface area (Å²) >= 11 is 3.54. The maximum absolute atomic E-state index is 12.7. The second-order valence-electron chi connectivity index (χ2n) is 7.82. The van der Waals surface area contributed by atoms with E-state index in [0.29, 0.717) is 0 Å². The molecule has 0 N–H and O–H groups in total. The number of benzene rings is 4. The largest absolute Gasteiger partial charge is 0.302 e. The monoisotopic (exact) mass is 495 g/mol. The highest BCUT2D eigenvalue weighted by Gasteiger charge is 2.48. The van der Waals surface area contributed by atoms with Gasteiger partial charge in [0.25, 0.3) is 0 Å². The number of nitrogens with zero attached hydrogens (tertiary/aromatic N) is 3. The van der Waals surface area contributed by atoms with Gasteiger partial charge in [0, 0.05) is 10.2 Å². The van der Waals surface area contributed by atoms with Crippen molar-refractivity contribution in [3.63, 3.8) is 0 Å². The average molecular weight is 496 g/mol. The van der Waals surface area contributed by atoms with Gasteiger partial charge in [-0.15, -0.1) is 0 Å². The Hall–Kier alpha value is -3.70. The van der Waals surface area contributed by atoms with Crippen molar-refractivity contribution in [3.8, 4) is 0 Å². The zero-order chi connectivity index (χ0) is 22.7. The molecule has 4 aromatic carbocycles. The Morgan fingerprint density at radius 1 is 0.727 bits per heavy atom.